The maximum Gasteiger partial charge on any atom is 0.338 e. The Morgan fingerprint density at radius 2 is 0.947 bits per heavy atom. The molecule has 6 rings (SSSR count). The smallest absolute Gasteiger partial charge is 0.338 e. The summed E-state index contributed by atoms with van der Waals surface area (Å²) in [7, 11) is 0. The van der Waals surface area contributed by atoms with Crippen LogP contribution < -0.4 is 16.0 Å². The lowest BCUT2D eigenvalue weighted by Gasteiger charge is -2.33. The fourth-order valence-electron chi connectivity index (χ4n) is 7.74. The van der Waals surface area contributed by atoms with Gasteiger partial charge in [0.2, 0.25) is 17.8 Å². The molecule has 4 aromatic rings. The van der Waals surface area contributed by atoms with Gasteiger partial charge in [0.05, 0.1) is 11.1 Å². The zero-order valence-electron chi connectivity index (χ0n) is 34.0. The fraction of sp³-hybridized carbons (Fsp3) is 0.478. The minimum atomic E-state index is -0.428. The highest BCUT2D eigenvalue weighted by molar-refractivity contribution is 5.96. The van der Waals surface area contributed by atoms with Crippen molar-refractivity contribution in [2.45, 2.75) is 135 Å². The second-order valence-electron chi connectivity index (χ2n) is 16.3. The third-order valence-corrected chi connectivity index (χ3v) is 11.4. The number of ketones is 1. The van der Waals surface area contributed by atoms with E-state index in [1.165, 1.54) is 12.8 Å². The van der Waals surface area contributed by atoms with E-state index in [2.05, 4.69) is 44.7 Å². The molecule has 1 aromatic heterocycles. The predicted octanol–water partition coefficient (Wildman–Crippen LogP) is 11.7. The zero-order chi connectivity index (χ0) is 40.3. The molecule has 1 heterocycles. The second-order valence-corrected chi connectivity index (χ2v) is 16.3. The van der Waals surface area contributed by atoms with Crippen LogP contribution >= 0.6 is 0 Å². The fourth-order valence-corrected chi connectivity index (χ4v) is 7.74. The number of aromatic nitrogens is 3. The molecule has 2 fully saturated rings. The average Bonchev–Trinajstić information content (AvgIpc) is 3.20. The van der Waals surface area contributed by atoms with Crippen molar-refractivity contribution in [3.8, 4) is 0 Å². The quantitative estimate of drug-likeness (QED) is 0.0696. The predicted molar refractivity (Wildman–Crippen MR) is 225 cm³/mol. The van der Waals surface area contributed by atoms with Crippen molar-refractivity contribution in [2.75, 3.05) is 16.0 Å². The van der Waals surface area contributed by atoms with Gasteiger partial charge in [0.1, 0.15) is 11.2 Å². The molecule has 1 atom stereocenters. The van der Waals surface area contributed by atoms with Crippen molar-refractivity contribution < 1.29 is 23.9 Å². The highest BCUT2D eigenvalue weighted by Gasteiger charge is 2.32. The van der Waals surface area contributed by atoms with Crippen LogP contribution in [0.2, 0.25) is 0 Å². The Kier molecular flexibility index (Phi) is 13.9. The Morgan fingerprint density at radius 3 is 1.30 bits per heavy atom. The highest BCUT2D eigenvalue weighted by Crippen LogP contribution is 2.33. The van der Waals surface area contributed by atoms with Gasteiger partial charge in [-0.05, 0) is 144 Å². The monoisotopic (exact) mass is 774 g/mol. The van der Waals surface area contributed by atoms with E-state index >= 15 is 0 Å². The summed E-state index contributed by atoms with van der Waals surface area (Å²) in [4.78, 5) is 53.0. The van der Waals surface area contributed by atoms with Crippen molar-refractivity contribution >= 4 is 52.6 Å². The molecule has 0 saturated heterocycles. The number of esters is 2. The van der Waals surface area contributed by atoms with E-state index in [-0.39, 0.29) is 35.6 Å². The van der Waals surface area contributed by atoms with E-state index < -0.39 is 11.2 Å². The van der Waals surface area contributed by atoms with Gasteiger partial charge in [-0.25, -0.2) is 9.59 Å². The molecule has 0 radical (unpaired) electrons. The first-order valence-corrected chi connectivity index (χ1v) is 20.9. The van der Waals surface area contributed by atoms with E-state index in [9.17, 15) is 14.4 Å². The van der Waals surface area contributed by atoms with Crippen LogP contribution in [0.4, 0.5) is 34.9 Å². The SMILES string of the molecule is CCCCC(CC)CC(=O)c1ccc(Nc2nc(Nc3ccc(C(=O)OC4(C)CCCCC4)cc3)nc(Nc3ccc(C(=O)OC4(C)CCCCC4)cc3)n2)cc1. The molecule has 0 aliphatic heterocycles. The lowest BCUT2D eigenvalue weighted by Crippen LogP contribution is -2.33. The van der Waals surface area contributed by atoms with E-state index in [0.29, 0.717) is 46.1 Å². The number of carbonyl (C=O) groups is 3. The first kappa shape index (κ1) is 41.3. The first-order chi connectivity index (χ1) is 27.5. The normalized spacial score (nSPS) is 16.5. The largest absolute Gasteiger partial charge is 0.456 e. The molecule has 2 saturated carbocycles. The van der Waals surface area contributed by atoms with Gasteiger partial charge in [-0.2, -0.15) is 15.0 Å². The molecular formula is C46H58N6O5. The van der Waals surface area contributed by atoms with Gasteiger partial charge in [0.15, 0.2) is 5.78 Å². The van der Waals surface area contributed by atoms with Crippen LogP contribution in [0.15, 0.2) is 72.8 Å². The number of unbranched alkanes of at least 4 members (excludes halogenated alkanes) is 1. The van der Waals surface area contributed by atoms with E-state index in [4.69, 9.17) is 9.47 Å². The Bertz CT molecular complexity index is 1850. The summed E-state index contributed by atoms with van der Waals surface area (Å²) in [6.07, 6.45) is 15.0. The summed E-state index contributed by atoms with van der Waals surface area (Å²) in [6, 6.07) is 21.4. The molecular weight excluding hydrogens is 717 g/mol. The molecule has 0 spiro atoms. The summed E-state index contributed by atoms with van der Waals surface area (Å²) in [6.45, 7) is 8.36. The lowest BCUT2D eigenvalue weighted by atomic mass is 9.86. The first-order valence-electron chi connectivity index (χ1n) is 20.9. The molecule has 302 valence electrons. The number of ether oxygens (including phenoxy) is 2. The Hall–Kier alpha value is -5.32. The molecule has 1 unspecified atom stereocenters. The summed E-state index contributed by atoms with van der Waals surface area (Å²) in [5.41, 5.74) is 2.81. The molecule has 3 aromatic carbocycles. The Labute approximate surface area is 337 Å². The van der Waals surface area contributed by atoms with Crippen LogP contribution in [0.1, 0.15) is 155 Å². The van der Waals surface area contributed by atoms with Gasteiger partial charge in [0, 0.05) is 29.0 Å². The van der Waals surface area contributed by atoms with Gasteiger partial charge in [-0.3, -0.25) is 4.79 Å². The summed E-state index contributed by atoms with van der Waals surface area (Å²) >= 11 is 0. The van der Waals surface area contributed by atoms with Crippen LogP contribution in [-0.4, -0.2) is 43.9 Å². The van der Waals surface area contributed by atoms with Crippen molar-refractivity contribution in [1.29, 1.82) is 0 Å². The van der Waals surface area contributed by atoms with Gasteiger partial charge >= 0.3 is 11.9 Å². The van der Waals surface area contributed by atoms with E-state index in [0.717, 1.165) is 77.0 Å². The number of hydrogen-bond acceptors (Lipinski definition) is 11. The summed E-state index contributed by atoms with van der Waals surface area (Å²) in [5, 5.41) is 9.74. The number of hydrogen-bond donors (Lipinski definition) is 3. The number of carbonyl (C=O) groups excluding carboxylic acids is 3. The standard InChI is InChI=1S/C46H58N6O5/c1-5-7-14-32(6-2)31-39(53)33-15-21-36(22-16-33)47-42-50-43(48-37-23-17-34(18-24-37)40(54)56-45(3)27-10-8-11-28-45)52-44(51-42)49-38-25-19-35(20-26-38)41(55)57-46(4)29-12-9-13-30-46/h15-26,32H,5-14,27-31H2,1-4H3,(H3,47,48,49,50,51,52). The van der Waals surface area contributed by atoms with Gasteiger partial charge in [-0.15, -0.1) is 0 Å². The lowest BCUT2D eigenvalue weighted by molar-refractivity contribution is -0.0278. The van der Waals surface area contributed by atoms with Crippen molar-refractivity contribution in [3.63, 3.8) is 0 Å². The molecule has 0 bridgehead atoms. The minimum Gasteiger partial charge on any atom is -0.456 e. The molecule has 11 heteroatoms. The molecule has 2 aliphatic rings. The topological polar surface area (TPSA) is 144 Å². The van der Waals surface area contributed by atoms with Crippen molar-refractivity contribution in [2.24, 2.45) is 5.92 Å². The highest BCUT2D eigenvalue weighted by atomic mass is 16.6. The number of nitrogens with zero attached hydrogens (tertiary/aromatic N) is 3. The average molecular weight is 775 g/mol. The third-order valence-electron chi connectivity index (χ3n) is 11.4. The maximum absolute atomic E-state index is 13.1. The Morgan fingerprint density at radius 1 is 0.579 bits per heavy atom. The number of rotatable bonds is 17. The molecule has 0 amide bonds. The number of nitrogens with one attached hydrogen (secondary N) is 3. The third kappa shape index (κ3) is 11.8. The summed E-state index contributed by atoms with van der Waals surface area (Å²) in [5.74, 6) is 0.647. The zero-order valence-corrected chi connectivity index (χ0v) is 34.0. The summed E-state index contributed by atoms with van der Waals surface area (Å²) < 4.78 is 11.9. The van der Waals surface area contributed by atoms with Crippen LogP contribution in [0.3, 0.4) is 0 Å². The van der Waals surface area contributed by atoms with Crippen LogP contribution in [0.5, 0.6) is 0 Å². The maximum atomic E-state index is 13.1. The molecule has 11 nitrogen and oxygen atoms in total. The molecule has 57 heavy (non-hydrogen) atoms. The molecule has 3 N–H and O–H groups in total. The van der Waals surface area contributed by atoms with Gasteiger partial charge in [-0.1, -0.05) is 52.4 Å². The van der Waals surface area contributed by atoms with Gasteiger partial charge < -0.3 is 25.4 Å². The van der Waals surface area contributed by atoms with Crippen LogP contribution in [0.25, 0.3) is 0 Å². The molecule has 2 aliphatic carbocycles. The van der Waals surface area contributed by atoms with E-state index in [1.54, 1.807) is 48.5 Å². The second kappa shape index (κ2) is 19.2. The van der Waals surface area contributed by atoms with Crippen molar-refractivity contribution in [3.05, 3.63) is 89.5 Å². The van der Waals surface area contributed by atoms with Crippen LogP contribution in [0, 0.1) is 5.92 Å². The number of Topliss-reactive ketones (excluding diaryl/α,β-unsaturated/α-hetero) is 1. The van der Waals surface area contributed by atoms with E-state index in [1.807, 2.05) is 38.1 Å². The van der Waals surface area contributed by atoms with Crippen molar-refractivity contribution in [1.82, 2.24) is 15.0 Å². The minimum absolute atomic E-state index is 0.146. The number of benzene rings is 3. The van der Waals surface area contributed by atoms with Crippen LogP contribution in [-0.2, 0) is 9.47 Å². The Balaban J connectivity index is 1.17. The van der Waals surface area contributed by atoms with Gasteiger partial charge in [0.25, 0.3) is 0 Å². The number of anilines is 6.